The molecule has 0 aliphatic heterocycles. The third kappa shape index (κ3) is 1.45. The average Bonchev–Trinajstić information content (AvgIpc) is 2.59. The Bertz CT molecular complexity index is 559. The maximum Gasteiger partial charge on any atom is 0.270 e. The minimum atomic E-state index is -0.482. The number of carbonyl (C=O) groups excluding carboxylic acids is 1. The van der Waals surface area contributed by atoms with Crippen molar-refractivity contribution in [2.75, 3.05) is 0 Å². The van der Waals surface area contributed by atoms with Crippen molar-refractivity contribution in [3.63, 3.8) is 0 Å². The van der Waals surface area contributed by atoms with Gasteiger partial charge >= 0.3 is 0 Å². The second kappa shape index (κ2) is 3.16. The van der Waals surface area contributed by atoms with Gasteiger partial charge in [-0.15, -0.1) is 0 Å². The zero-order valence-electron chi connectivity index (χ0n) is 7.88. The predicted octanol–water partition coefficient (Wildman–Crippen LogP) is 1.60. The van der Waals surface area contributed by atoms with E-state index in [0.717, 1.165) is 0 Å². The van der Waals surface area contributed by atoms with Crippen LogP contribution in [0.2, 0.25) is 0 Å². The van der Waals surface area contributed by atoms with Gasteiger partial charge in [-0.3, -0.25) is 14.9 Å². The molecule has 1 aromatic heterocycles. The zero-order chi connectivity index (χ0) is 11.0. The summed E-state index contributed by atoms with van der Waals surface area (Å²) in [4.78, 5) is 21.1. The lowest BCUT2D eigenvalue weighted by Gasteiger charge is -1.96. The number of nitro benzene ring substituents is 1. The Morgan fingerprint density at radius 2 is 2.27 bits per heavy atom. The van der Waals surface area contributed by atoms with E-state index in [-0.39, 0.29) is 11.6 Å². The van der Waals surface area contributed by atoms with Crippen LogP contribution in [0.5, 0.6) is 0 Å². The Kier molecular flexibility index (Phi) is 1.96. The molecule has 0 N–H and O–H groups in total. The molecular weight excluding hydrogens is 198 g/mol. The number of fused-ring (bicyclic) bond motifs is 1. The van der Waals surface area contributed by atoms with E-state index >= 15 is 0 Å². The molecule has 76 valence electrons. The highest BCUT2D eigenvalue weighted by Gasteiger charge is 2.10. The van der Waals surface area contributed by atoms with Gasteiger partial charge in [-0.25, -0.2) is 4.68 Å². The lowest BCUT2D eigenvalue weighted by molar-refractivity contribution is -0.384. The van der Waals surface area contributed by atoms with Crippen molar-refractivity contribution in [1.29, 1.82) is 0 Å². The van der Waals surface area contributed by atoms with Crippen LogP contribution in [0.3, 0.4) is 0 Å². The van der Waals surface area contributed by atoms with Crippen LogP contribution in [-0.4, -0.2) is 20.6 Å². The summed E-state index contributed by atoms with van der Waals surface area (Å²) in [6.45, 7) is 1.38. The fourth-order valence-electron chi connectivity index (χ4n) is 1.38. The Hall–Kier alpha value is -2.24. The summed E-state index contributed by atoms with van der Waals surface area (Å²) in [5.74, 6) is -0.223. The topological polar surface area (TPSA) is 78.0 Å². The number of non-ortho nitro benzene ring substituents is 1. The Balaban J connectivity index is 2.66. The van der Waals surface area contributed by atoms with Gasteiger partial charge < -0.3 is 0 Å². The van der Waals surface area contributed by atoms with Gasteiger partial charge in [0.2, 0.25) is 5.91 Å². The van der Waals surface area contributed by atoms with E-state index in [1.165, 1.54) is 36.0 Å². The number of nitrogens with zero attached hydrogens (tertiary/aromatic N) is 3. The van der Waals surface area contributed by atoms with Crippen molar-refractivity contribution >= 4 is 22.5 Å². The molecule has 0 aliphatic rings. The first-order valence-corrected chi connectivity index (χ1v) is 4.23. The van der Waals surface area contributed by atoms with Gasteiger partial charge in [0.05, 0.1) is 16.6 Å². The smallest absolute Gasteiger partial charge is 0.270 e. The van der Waals surface area contributed by atoms with E-state index in [1.807, 2.05) is 0 Å². The van der Waals surface area contributed by atoms with Crippen LogP contribution < -0.4 is 0 Å². The lowest BCUT2D eigenvalue weighted by atomic mass is 10.2. The summed E-state index contributed by atoms with van der Waals surface area (Å²) in [6, 6.07) is 4.26. The molecule has 0 bridgehead atoms. The van der Waals surface area contributed by atoms with Crippen LogP contribution in [0.4, 0.5) is 5.69 Å². The van der Waals surface area contributed by atoms with Gasteiger partial charge in [0, 0.05) is 24.4 Å². The van der Waals surface area contributed by atoms with Crippen molar-refractivity contribution in [3.05, 3.63) is 34.5 Å². The van der Waals surface area contributed by atoms with Crippen LogP contribution >= 0.6 is 0 Å². The Morgan fingerprint density at radius 3 is 2.87 bits per heavy atom. The van der Waals surface area contributed by atoms with Crippen molar-refractivity contribution in [3.8, 4) is 0 Å². The number of rotatable bonds is 1. The highest BCUT2D eigenvalue weighted by molar-refractivity contribution is 5.90. The van der Waals surface area contributed by atoms with Gasteiger partial charge in [-0.2, -0.15) is 5.10 Å². The van der Waals surface area contributed by atoms with E-state index < -0.39 is 4.92 Å². The van der Waals surface area contributed by atoms with Crippen LogP contribution in [0.15, 0.2) is 24.4 Å². The van der Waals surface area contributed by atoms with Crippen molar-refractivity contribution in [2.45, 2.75) is 6.92 Å². The third-order valence-corrected chi connectivity index (χ3v) is 2.06. The highest BCUT2D eigenvalue weighted by atomic mass is 16.6. The largest absolute Gasteiger partial charge is 0.273 e. The first kappa shape index (κ1) is 9.32. The van der Waals surface area contributed by atoms with E-state index in [1.54, 1.807) is 0 Å². The number of nitro groups is 1. The maximum atomic E-state index is 11.1. The molecule has 6 nitrogen and oxygen atoms in total. The van der Waals surface area contributed by atoms with Crippen LogP contribution in [0.1, 0.15) is 11.7 Å². The molecular formula is C9H7N3O3. The monoisotopic (exact) mass is 205 g/mol. The summed E-state index contributed by atoms with van der Waals surface area (Å²) in [5.41, 5.74) is 0.568. The SMILES string of the molecule is CC(=O)n1ncc2cc([N+](=O)[O-])ccc21. The van der Waals surface area contributed by atoms with E-state index in [0.29, 0.717) is 10.9 Å². The minimum absolute atomic E-state index is 0.00870. The number of aromatic nitrogens is 2. The van der Waals surface area contributed by atoms with Gasteiger partial charge in [0.25, 0.3) is 5.69 Å². The molecule has 0 saturated carbocycles. The number of benzene rings is 1. The first-order chi connectivity index (χ1) is 7.09. The molecule has 0 radical (unpaired) electrons. The van der Waals surface area contributed by atoms with Gasteiger partial charge in [-0.05, 0) is 6.07 Å². The normalized spacial score (nSPS) is 10.5. The van der Waals surface area contributed by atoms with E-state index in [4.69, 9.17) is 0 Å². The number of hydrogen-bond donors (Lipinski definition) is 0. The summed E-state index contributed by atoms with van der Waals surface area (Å²) in [7, 11) is 0. The summed E-state index contributed by atoms with van der Waals surface area (Å²) < 4.78 is 1.21. The summed E-state index contributed by atoms with van der Waals surface area (Å²) >= 11 is 0. The Labute approximate surface area is 84.3 Å². The Morgan fingerprint density at radius 1 is 1.53 bits per heavy atom. The molecule has 2 aromatic rings. The molecule has 0 amide bonds. The van der Waals surface area contributed by atoms with Gasteiger partial charge in [-0.1, -0.05) is 0 Å². The molecule has 15 heavy (non-hydrogen) atoms. The molecule has 6 heteroatoms. The molecule has 0 unspecified atom stereocenters. The standard InChI is InChI=1S/C9H7N3O3/c1-6(13)11-9-3-2-8(12(14)15)4-7(9)5-10-11/h2-5H,1H3. The third-order valence-electron chi connectivity index (χ3n) is 2.06. The van der Waals surface area contributed by atoms with Crippen LogP contribution in [-0.2, 0) is 0 Å². The van der Waals surface area contributed by atoms with Crippen molar-refractivity contribution in [1.82, 2.24) is 9.78 Å². The summed E-state index contributed by atoms with van der Waals surface area (Å²) in [6.07, 6.45) is 1.43. The minimum Gasteiger partial charge on any atom is -0.273 e. The zero-order valence-corrected chi connectivity index (χ0v) is 7.88. The van der Waals surface area contributed by atoms with Crippen molar-refractivity contribution < 1.29 is 9.72 Å². The van der Waals surface area contributed by atoms with Crippen LogP contribution in [0, 0.1) is 10.1 Å². The molecule has 0 spiro atoms. The second-order valence-corrected chi connectivity index (χ2v) is 3.08. The second-order valence-electron chi connectivity index (χ2n) is 3.08. The van der Waals surface area contributed by atoms with Crippen LogP contribution in [0.25, 0.3) is 10.9 Å². The average molecular weight is 205 g/mol. The molecule has 0 aliphatic carbocycles. The molecule has 0 saturated heterocycles. The van der Waals surface area contributed by atoms with Crippen molar-refractivity contribution in [2.24, 2.45) is 0 Å². The fraction of sp³-hybridized carbons (Fsp3) is 0.111. The number of hydrogen-bond acceptors (Lipinski definition) is 4. The predicted molar refractivity (Wildman–Crippen MR) is 52.7 cm³/mol. The van der Waals surface area contributed by atoms with Gasteiger partial charge in [0.1, 0.15) is 0 Å². The molecule has 1 aromatic carbocycles. The molecule has 0 atom stereocenters. The quantitative estimate of drug-likeness (QED) is 0.523. The van der Waals surface area contributed by atoms with Gasteiger partial charge in [0.15, 0.2) is 0 Å². The maximum absolute atomic E-state index is 11.1. The molecule has 0 fully saturated rings. The molecule has 1 heterocycles. The highest BCUT2D eigenvalue weighted by Crippen LogP contribution is 2.20. The summed E-state index contributed by atoms with van der Waals surface area (Å²) in [5, 5.41) is 14.9. The number of carbonyl (C=O) groups is 1. The molecule has 2 rings (SSSR count). The first-order valence-electron chi connectivity index (χ1n) is 4.23. The fourth-order valence-corrected chi connectivity index (χ4v) is 1.38. The van der Waals surface area contributed by atoms with E-state index in [9.17, 15) is 14.9 Å². The van der Waals surface area contributed by atoms with E-state index in [2.05, 4.69) is 5.10 Å². The lowest BCUT2D eigenvalue weighted by Crippen LogP contribution is -2.06.